The minimum absolute atomic E-state index is 0.925. The van der Waals surface area contributed by atoms with Crippen molar-refractivity contribution >= 4 is 21.9 Å². The molecule has 0 unspecified atom stereocenters. The third-order valence-electron chi connectivity index (χ3n) is 7.02. The Balaban J connectivity index is 1.27. The maximum atomic E-state index is 6.59. The maximum Gasteiger partial charge on any atom is 0.143 e. The van der Waals surface area contributed by atoms with E-state index in [4.69, 9.17) is 4.42 Å². The van der Waals surface area contributed by atoms with E-state index in [0.717, 1.165) is 49.8 Å². The van der Waals surface area contributed by atoms with Crippen LogP contribution in [0.5, 0.6) is 0 Å². The van der Waals surface area contributed by atoms with Crippen molar-refractivity contribution in [3.05, 3.63) is 140 Å². The minimum atomic E-state index is 0.925. The Kier molecular flexibility index (Phi) is 5.15. The zero-order valence-corrected chi connectivity index (χ0v) is 20.1. The molecule has 0 atom stereocenters. The van der Waals surface area contributed by atoms with Gasteiger partial charge in [-0.3, -0.25) is 4.98 Å². The van der Waals surface area contributed by atoms with Gasteiger partial charge in [0.15, 0.2) is 0 Å². The molecular weight excluding hydrogens is 450 g/mol. The smallest absolute Gasteiger partial charge is 0.143 e. The summed E-state index contributed by atoms with van der Waals surface area (Å²) < 4.78 is 6.59. The molecule has 2 aromatic heterocycles. The lowest BCUT2D eigenvalue weighted by Gasteiger charge is -2.07. The van der Waals surface area contributed by atoms with Crippen LogP contribution in [-0.4, -0.2) is 4.98 Å². The number of aromatic nitrogens is 1. The van der Waals surface area contributed by atoms with Crippen molar-refractivity contribution in [3.8, 4) is 44.5 Å². The van der Waals surface area contributed by atoms with Crippen LogP contribution in [0.15, 0.2) is 144 Å². The Morgan fingerprint density at radius 2 is 0.865 bits per heavy atom. The molecule has 0 aliphatic rings. The van der Waals surface area contributed by atoms with Crippen molar-refractivity contribution in [1.82, 2.24) is 4.98 Å². The lowest BCUT2D eigenvalue weighted by atomic mass is 9.97. The minimum Gasteiger partial charge on any atom is -0.455 e. The summed E-state index contributed by atoms with van der Waals surface area (Å²) in [7, 11) is 0. The molecule has 0 spiro atoms. The summed E-state index contributed by atoms with van der Waals surface area (Å²) in [5.74, 6) is 0. The van der Waals surface area contributed by atoms with Gasteiger partial charge in [0.2, 0.25) is 0 Å². The topological polar surface area (TPSA) is 26.0 Å². The molecule has 37 heavy (non-hydrogen) atoms. The quantitative estimate of drug-likeness (QED) is 0.254. The van der Waals surface area contributed by atoms with Crippen LogP contribution < -0.4 is 0 Å². The second kappa shape index (κ2) is 8.92. The van der Waals surface area contributed by atoms with Gasteiger partial charge in [-0.15, -0.1) is 0 Å². The number of hydrogen-bond acceptors (Lipinski definition) is 2. The Bertz CT molecular complexity index is 1830. The van der Waals surface area contributed by atoms with E-state index < -0.39 is 0 Å². The Hall–Kier alpha value is -4.95. The maximum absolute atomic E-state index is 6.59. The number of pyridine rings is 1. The second-order valence-corrected chi connectivity index (χ2v) is 9.23. The van der Waals surface area contributed by atoms with Gasteiger partial charge >= 0.3 is 0 Å². The molecule has 0 N–H and O–H groups in total. The summed E-state index contributed by atoms with van der Waals surface area (Å²) in [5.41, 5.74) is 11.0. The number of benzene rings is 5. The molecule has 2 nitrogen and oxygen atoms in total. The fraction of sp³-hybridized carbons (Fsp3) is 0. The molecule has 0 aliphatic carbocycles. The molecule has 0 fully saturated rings. The highest BCUT2D eigenvalue weighted by Gasteiger charge is 2.15. The van der Waals surface area contributed by atoms with E-state index in [1.165, 1.54) is 16.7 Å². The zero-order chi connectivity index (χ0) is 24.6. The number of hydrogen-bond donors (Lipinski definition) is 0. The predicted octanol–water partition coefficient (Wildman–Crippen LogP) is 9.65. The molecule has 2 heteroatoms. The van der Waals surface area contributed by atoms with E-state index in [0.29, 0.717) is 0 Å². The van der Waals surface area contributed by atoms with Crippen LogP contribution in [0.25, 0.3) is 66.4 Å². The third-order valence-corrected chi connectivity index (χ3v) is 7.02. The first-order valence-corrected chi connectivity index (χ1v) is 12.5. The van der Waals surface area contributed by atoms with E-state index in [-0.39, 0.29) is 0 Å². The van der Waals surface area contributed by atoms with E-state index >= 15 is 0 Å². The number of fused-ring (bicyclic) bond motifs is 3. The summed E-state index contributed by atoms with van der Waals surface area (Å²) in [5, 5.41) is 2.28. The lowest BCUT2D eigenvalue weighted by molar-refractivity contribution is 0.671. The van der Waals surface area contributed by atoms with Gasteiger partial charge in [0.1, 0.15) is 11.2 Å². The highest BCUT2D eigenvalue weighted by molar-refractivity contribution is 6.13. The van der Waals surface area contributed by atoms with Crippen molar-refractivity contribution in [3.63, 3.8) is 0 Å². The van der Waals surface area contributed by atoms with Gasteiger partial charge in [0.05, 0.1) is 0 Å². The standard InChI is InChI=1S/C35H23NO/c1-2-7-27(8-3-1)30-10-4-12-32-33-13-5-11-31(35(33)37-34(30)32)28-20-18-25(19-21-28)24-14-16-26(17-15-24)29-9-6-22-36-23-29/h1-23H. The van der Waals surface area contributed by atoms with E-state index in [2.05, 4.69) is 120 Å². The van der Waals surface area contributed by atoms with Crippen LogP contribution in [0.3, 0.4) is 0 Å². The monoisotopic (exact) mass is 473 g/mol. The number of nitrogens with zero attached hydrogens (tertiary/aromatic N) is 1. The third kappa shape index (κ3) is 3.80. The average molecular weight is 474 g/mol. The number of furan rings is 1. The van der Waals surface area contributed by atoms with Gasteiger partial charge in [-0.25, -0.2) is 0 Å². The van der Waals surface area contributed by atoms with Gasteiger partial charge < -0.3 is 4.42 Å². The highest BCUT2D eigenvalue weighted by Crippen LogP contribution is 2.40. The van der Waals surface area contributed by atoms with E-state index in [1.54, 1.807) is 6.20 Å². The molecule has 7 aromatic rings. The molecular formula is C35H23NO. The Labute approximate surface area is 215 Å². The number of rotatable bonds is 4. The largest absolute Gasteiger partial charge is 0.455 e. The zero-order valence-electron chi connectivity index (χ0n) is 20.1. The molecule has 0 saturated carbocycles. The van der Waals surface area contributed by atoms with Crippen molar-refractivity contribution in [2.75, 3.05) is 0 Å². The van der Waals surface area contributed by atoms with Crippen molar-refractivity contribution in [1.29, 1.82) is 0 Å². The lowest BCUT2D eigenvalue weighted by Crippen LogP contribution is -1.83. The molecule has 0 bridgehead atoms. The predicted molar refractivity (Wildman–Crippen MR) is 153 cm³/mol. The van der Waals surface area contributed by atoms with Gasteiger partial charge in [-0.05, 0) is 39.4 Å². The van der Waals surface area contributed by atoms with Gasteiger partial charge in [-0.2, -0.15) is 0 Å². The molecule has 0 amide bonds. The van der Waals surface area contributed by atoms with Gasteiger partial charge in [0.25, 0.3) is 0 Å². The molecule has 0 aliphatic heterocycles. The first kappa shape index (κ1) is 21.3. The molecule has 0 saturated heterocycles. The average Bonchev–Trinajstić information content (AvgIpc) is 3.37. The van der Waals surface area contributed by atoms with E-state index in [9.17, 15) is 0 Å². The summed E-state index contributed by atoms with van der Waals surface area (Å²) >= 11 is 0. The second-order valence-electron chi connectivity index (χ2n) is 9.23. The molecule has 5 aromatic carbocycles. The van der Waals surface area contributed by atoms with Gasteiger partial charge in [0, 0.05) is 34.3 Å². The van der Waals surface area contributed by atoms with Crippen molar-refractivity contribution in [2.45, 2.75) is 0 Å². The molecule has 0 radical (unpaired) electrons. The summed E-state index contributed by atoms with van der Waals surface area (Å²) in [6, 6.07) is 44.7. The van der Waals surface area contributed by atoms with Crippen molar-refractivity contribution < 1.29 is 4.42 Å². The fourth-order valence-corrected chi connectivity index (χ4v) is 5.12. The normalized spacial score (nSPS) is 11.2. The first-order chi connectivity index (χ1) is 18.3. The molecule has 2 heterocycles. The van der Waals surface area contributed by atoms with Crippen LogP contribution >= 0.6 is 0 Å². The van der Waals surface area contributed by atoms with Crippen LogP contribution in [0.2, 0.25) is 0 Å². The molecule has 7 rings (SSSR count). The fourth-order valence-electron chi connectivity index (χ4n) is 5.12. The summed E-state index contributed by atoms with van der Waals surface area (Å²) in [4.78, 5) is 4.23. The van der Waals surface area contributed by atoms with Gasteiger partial charge in [-0.1, -0.05) is 121 Å². The summed E-state index contributed by atoms with van der Waals surface area (Å²) in [6.07, 6.45) is 3.69. The van der Waals surface area contributed by atoms with Crippen LogP contribution in [-0.2, 0) is 0 Å². The van der Waals surface area contributed by atoms with Crippen molar-refractivity contribution in [2.24, 2.45) is 0 Å². The summed E-state index contributed by atoms with van der Waals surface area (Å²) in [6.45, 7) is 0. The highest BCUT2D eigenvalue weighted by atomic mass is 16.3. The van der Waals surface area contributed by atoms with E-state index in [1.807, 2.05) is 18.3 Å². The first-order valence-electron chi connectivity index (χ1n) is 12.5. The molecule has 174 valence electrons. The Morgan fingerprint density at radius 3 is 1.41 bits per heavy atom. The Morgan fingerprint density at radius 1 is 0.378 bits per heavy atom. The van der Waals surface area contributed by atoms with Crippen LogP contribution in [0, 0.1) is 0 Å². The van der Waals surface area contributed by atoms with Crippen LogP contribution in [0.1, 0.15) is 0 Å². The van der Waals surface area contributed by atoms with Crippen LogP contribution in [0.4, 0.5) is 0 Å². The number of para-hydroxylation sites is 2. The SMILES string of the molecule is c1ccc(-c2cccc3c2oc2c(-c4ccc(-c5ccc(-c6cccnc6)cc5)cc4)cccc23)cc1.